The van der Waals surface area contributed by atoms with Gasteiger partial charge in [-0.15, -0.1) is 0 Å². The van der Waals surface area contributed by atoms with E-state index < -0.39 is 0 Å². The number of hydrogen-bond donors (Lipinski definition) is 1. The van der Waals surface area contributed by atoms with Crippen LogP contribution in [0.2, 0.25) is 0 Å². The molecule has 1 saturated carbocycles. The first-order valence-corrected chi connectivity index (χ1v) is 6.08. The minimum absolute atomic E-state index is 0.131. The minimum atomic E-state index is -0.131. The molecule has 1 aromatic rings. The second-order valence-electron chi connectivity index (χ2n) is 4.76. The molecule has 2 nitrogen and oxygen atoms in total. The monoisotopic (exact) mass is 217 g/mol. The predicted molar refractivity (Wildman–Crippen MR) is 65.0 cm³/mol. The standard InChI is InChI=1S/C14H19NO/c15-14(12-7-2-1-3-8-12)10-13(16)9-11-5-4-6-11/h1-3,7-8,11,14H,4-6,9-10,15H2. The number of Topliss-reactive ketones (excluding diaryl/α,β-unsaturated/α-hetero) is 1. The van der Waals surface area contributed by atoms with Gasteiger partial charge in [0.15, 0.2) is 0 Å². The molecule has 0 saturated heterocycles. The number of carbonyl (C=O) groups is 1. The lowest BCUT2D eigenvalue weighted by Crippen LogP contribution is -2.20. The van der Waals surface area contributed by atoms with Crippen LogP contribution in [0, 0.1) is 5.92 Å². The van der Waals surface area contributed by atoms with Gasteiger partial charge in [-0.3, -0.25) is 4.79 Å². The van der Waals surface area contributed by atoms with Gasteiger partial charge in [-0.1, -0.05) is 49.6 Å². The molecular weight excluding hydrogens is 198 g/mol. The van der Waals surface area contributed by atoms with Crippen molar-refractivity contribution in [3.63, 3.8) is 0 Å². The van der Waals surface area contributed by atoms with Gasteiger partial charge in [-0.2, -0.15) is 0 Å². The van der Waals surface area contributed by atoms with Gasteiger partial charge in [0.05, 0.1) is 0 Å². The molecule has 16 heavy (non-hydrogen) atoms. The fraction of sp³-hybridized carbons (Fsp3) is 0.500. The van der Waals surface area contributed by atoms with Crippen molar-refractivity contribution in [3.8, 4) is 0 Å². The highest BCUT2D eigenvalue weighted by atomic mass is 16.1. The van der Waals surface area contributed by atoms with E-state index >= 15 is 0 Å². The van der Waals surface area contributed by atoms with Crippen molar-refractivity contribution in [2.75, 3.05) is 0 Å². The van der Waals surface area contributed by atoms with Gasteiger partial charge in [0.2, 0.25) is 0 Å². The van der Waals surface area contributed by atoms with Crippen molar-refractivity contribution in [1.29, 1.82) is 0 Å². The Morgan fingerprint density at radius 3 is 2.56 bits per heavy atom. The maximum atomic E-state index is 11.7. The van der Waals surface area contributed by atoms with Crippen LogP contribution in [-0.4, -0.2) is 5.78 Å². The Morgan fingerprint density at radius 1 is 1.31 bits per heavy atom. The smallest absolute Gasteiger partial charge is 0.135 e. The van der Waals surface area contributed by atoms with E-state index in [-0.39, 0.29) is 6.04 Å². The van der Waals surface area contributed by atoms with E-state index in [1.165, 1.54) is 19.3 Å². The summed E-state index contributed by atoms with van der Waals surface area (Å²) in [4.78, 5) is 11.7. The zero-order chi connectivity index (χ0) is 11.4. The number of hydrogen-bond acceptors (Lipinski definition) is 2. The van der Waals surface area contributed by atoms with E-state index in [9.17, 15) is 4.79 Å². The van der Waals surface area contributed by atoms with Crippen LogP contribution >= 0.6 is 0 Å². The molecule has 0 aliphatic heterocycles. The molecule has 0 bridgehead atoms. The maximum Gasteiger partial charge on any atom is 0.135 e. The third kappa shape index (κ3) is 2.92. The molecule has 0 radical (unpaired) electrons. The quantitative estimate of drug-likeness (QED) is 0.824. The number of benzene rings is 1. The molecular formula is C14H19NO. The molecule has 2 heteroatoms. The number of nitrogens with two attached hydrogens (primary N) is 1. The molecule has 1 unspecified atom stereocenters. The van der Waals surface area contributed by atoms with E-state index in [0.29, 0.717) is 18.1 Å². The number of carbonyl (C=O) groups excluding carboxylic acids is 1. The maximum absolute atomic E-state index is 11.7. The first kappa shape index (κ1) is 11.3. The summed E-state index contributed by atoms with van der Waals surface area (Å²) >= 11 is 0. The minimum Gasteiger partial charge on any atom is -0.324 e. The molecule has 86 valence electrons. The first-order valence-electron chi connectivity index (χ1n) is 6.08. The lowest BCUT2D eigenvalue weighted by Gasteiger charge is -2.24. The second-order valence-corrected chi connectivity index (χ2v) is 4.76. The van der Waals surface area contributed by atoms with Gasteiger partial charge in [0.25, 0.3) is 0 Å². The normalized spacial score (nSPS) is 17.8. The summed E-state index contributed by atoms with van der Waals surface area (Å²) in [6.45, 7) is 0. The summed E-state index contributed by atoms with van der Waals surface area (Å²) < 4.78 is 0. The molecule has 0 spiro atoms. The molecule has 2 rings (SSSR count). The van der Waals surface area contributed by atoms with Crippen molar-refractivity contribution in [2.24, 2.45) is 11.7 Å². The van der Waals surface area contributed by atoms with E-state index in [0.717, 1.165) is 12.0 Å². The van der Waals surface area contributed by atoms with E-state index in [2.05, 4.69) is 0 Å². The summed E-state index contributed by atoms with van der Waals surface area (Å²) in [6.07, 6.45) is 4.97. The molecule has 1 aliphatic rings. The Balaban J connectivity index is 1.82. The molecule has 1 aromatic carbocycles. The molecule has 0 aromatic heterocycles. The highest BCUT2D eigenvalue weighted by Gasteiger charge is 2.21. The van der Waals surface area contributed by atoms with Crippen LogP contribution < -0.4 is 5.73 Å². The van der Waals surface area contributed by atoms with E-state index in [1.54, 1.807) is 0 Å². The van der Waals surface area contributed by atoms with E-state index in [1.807, 2.05) is 30.3 Å². The lowest BCUT2D eigenvalue weighted by atomic mass is 9.81. The lowest BCUT2D eigenvalue weighted by molar-refractivity contribution is -0.120. The van der Waals surface area contributed by atoms with Crippen LogP contribution in [0.3, 0.4) is 0 Å². The molecule has 1 atom stereocenters. The van der Waals surface area contributed by atoms with Crippen LogP contribution in [0.5, 0.6) is 0 Å². The Morgan fingerprint density at radius 2 is 2.00 bits per heavy atom. The van der Waals surface area contributed by atoms with Gasteiger partial charge < -0.3 is 5.73 Å². The fourth-order valence-corrected chi connectivity index (χ4v) is 2.17. The Kier molecular flexibility index (Phi) is 3.73. The van der Waals surface area contributed by atoms with Crippen LogP contribution in [0.25, 0.3) is 0 Å². The SMILES string of the molecule is NC(CC(=O)CC1CCC1)c1ccccc1. The van der Waals surface area contributed by atoms with Crippen LogP contribution in [0.15, 0.2) is 30.3 Å². The summed E-state index contributed by atoms with van der Waals surface area (Å²) in [5, 5.41) is 0. The fourth-order valence-electron chi connectivity index (χ4n) is 2.17. The Bertz CT molecular complexity index is 343. The summed E-state index contributed by atoms with van der Waals surface area (Å²) in [5.41, 5.74) is 7.07. The Labute approximate surface area is 96.8 Å². The highest BCUT2D eigenvalue weighted by molar-refractivity contribution is 5.79. The van der Waals surface area contributed by atoms with Gasteiger partial charge >= 0.3 is 0 Å². The van der Waals surface area contributed by atoms with Gasteiger partial charge in [0, 0.05) is 18.9 Å². The van der Waals surface area contributed by atoms with Crippen LogP contribution in [0.4, 0.5) is 0 Å². The molecule has 0 heterocycles. The second kappa shape index (κ2) is 5.26. The molecule has 0 amide bonds. The third-order valence-corrected chi connectivity index (χ3v) is 3.42. The van der Waals surface area contributed by atoms with Gasteiger partial charge in [-0.25, -0.2) is 0 Å². The number of rotatable bonds is 5. The summed E-state index contributed by atoms with van der Waals surface area (Å²) in [7, 11) is 0. The van der Waals surface area contributed by atoms with Crippen molar-refractivity contribution < 1.29 is 4.79 Å². The molecule has 1 fully saturated rings. The summed E-state index contributed by atoms with van der Waals surface area (Å²) in [6, 6.07) is 9.74. The van der Waals surface area contributed by atoms with Crippen molar-refractivity contribution in [3.05, 3.63) is 35.9 Å². The van der Waals surface area contributed by atoms with Crippen LogP contribution in [-0.2, 0) is 4.79 Å². The zero-order valence-electron chi connectivity index (χ0n) is 9.56. The van der Waals surface area contributed by atoms with Crippen LogP contribution in [0.1, 0.15) is 43.7 Å². The largest absolute Gasteiger partial charge is 0.324 e. The van der Waals surface area contributed by atoms with E-state index in [4.69, 9.17) is 5.73 Å². The third-order valence-electron chi connectivity index (χ3n) is 3.42. The first-order chi connectivity index (χ1) is 7.75. The predicted octanol–water partition coefficient (Wildman–Crippen LogP) is 2.84. The van der Waals surface area contributed by atoms with Crippen molar-refractivity contribution in [1.82, 2.24) is 0 Å². The van der Waals surface area contributed by atoms with Gasteiger partial charge in [-0.05, 0) is 11.5 Å². The van der Waals surface area contributed by atoms with Crippen molar-refractivity contribution in [2.45, 2.75) is 38.1 Å². The average molecular weight is 217 g/mol. The summed E-state index contributed by atoms with van der Waals surface area (Å²) in [5.74, 6) is 0.969. The van der Waals surface area contributed by atoms with Crippen molar-refractivity contribution >= 4 is 5.78 Å². The topological polar surface area (TPSA) is 43.1 Å². The Hall–Kier alpha value is -1.15. The number of ketones is 1. The van der Waals surface area contributed by atoms with Gasteiger partial charge in [0.1, 0.15) is 5.78 Å². The zero-order valence-corrected chi connectivity index (χ0v) is 9.56. The molecule has 1 aliphatic carbocycles. The highest BCUT2D eigenvalue weighted by Crippen LogP contribution is 2.30. The molecule has 2 N–H and O–H groups in total. The average Bonchev–Trinajstić information content (AvgIpc) is 2.25.